The van der Waals surface area contributed by atoms with Crippen molar-refractivity contribution in [3.05, 3.63) is 29.3 Å². The van der Waals surface area contributed by atoms with Gasteiger partial charge in [0.15, 0.2) is 0 Å². The summed E-state index contributed by atoms with van der Waals surface area (Å²) in [6.07, 6.45) is 1.53. The number of carbonyl (C=O) groups is 2. The summed E-state index contributed by atoms with van der Waals surface area (Å²) in [5, 5.41) is 2.45. The molecule has 0 heterocycles. The number of methoxy groups -OCH3 is 1. The molecule has 0 saturated heterocycles. The number of primary amides is 1. The van der Waals surface area contributed by atoms with E-state index in [0.717, 1.165) is 23.3 Å². The van der Waals surface area contributed by atoms with Crippen molar-refractivity contribution in [1.82, 2.24) is 5.32 Å². The first-order chi connectivity index (χ1) is 8.58. The summed E-state index contributed by atoms with van der Waals surface area (Å²) < 4.78 is 5.23. The lowest BCUT2D eigenvalue weighted by atomic mass is 10.1. The molecule has 0 aliphatic carbocycles. The van der Waals surface area contributed by atoms with Gasteiger partial charge in [0.25, 0.3) is 0 Å². The molecule has 5 nitrogen and oxygen atoms in total. The molecule has 0 bridgehead atoms. The molecule has 0 aliphatic heterocycles. The first kappa shape index (κ1) is 14.0. The van der Waals surface area contributed by atoms with E-state index in [1.807, 2.05) is 18.2 Å². The second-order valence-corrected chi connectivity index (χ2v) is 3.87. The zero-order chi connectivity index (χ0) is 13.5. The third-order valence-corrected chi connectivity index (χ3v) is 2.65. The van der Waals surface area contributed by atoms with Crippen LogP contribution in [0.2, 0.25) is 0 Å². The summed E-state index contributed by atoms with van der Waals surface area (Å²) in [6.45, 7) is 2.44. The molecule has 0 atom stereocenters. The van der Waals surface area contributed by atoms with Gasteiger partial charge in [0.2, 0.25) is 0 Å². The number of hydrogen-bond donors (Lipinski definition) is 2. The number of aryl methyl sites for hydroxylation is 1. The second-order valence-electron chi connectivity index (χ2n) is 3.87. The molecule has 2 amide bonds. The van der Waals surface area contributed by atoms with E-state index in [-0.39, 0.29) is 0 Å². The molecule has 0 spiro atoms. The Kier molecular flexibility index (Phi) is 5.17. The third kappa shape index (κ3) is 3.76. The van der Waals surface area contributed by atoms with E-state index in [9.17, 15) is 9.59 Å². The fourth-order valence-corrected chi connectivity index (χ4v) is 1.67. The minimum Gasteiger partial charge on any atom is -0.496 e. The van der Waals surface area contributed by atoms with Gasteiger partial charge in [-0.3, -0.25) is 9.59 Å². The van der Waals surface area contributed by atoms with E-state index in [1.54, 1.807) is 7.11 Å². The van der Waals surface area contributed by atoms with Crippen molar-refractivity contribution >= 4 is 11.8 Å². The molecule has 1 rings (SSSR count). The summed E-state index contributed by atoms with van der Waals surface area (Å²) in [7, 11) is 1.64. The van der Waals surface area contributed by atoms with Gasteiger partial charge < -0.3 is 15.8 Å². The summed E-state index contributed by atoms with van der Waals surface area (Å²) in [5.74, 6) is -0.847. The molecule has 0 unspecified atom stereocenters. The Morgan fingerprint density at radius 1 is 1.39 bits per heavy atom. The highest BCUT2D eigenvalue weighted by molar-refractivity contribution is 6.34. The van der Waals surface area contributed by atoms with Crippen molar-refractivity contribution in [2.24, 2.45) is 5.73 Å². The van der Waals surface area contributed by atoms with E-state index in [2.05, 4.69) is 12.2 Å². The van der Waals surface area contributed by atoms with Gasteiger partial charge in [-0.25, -0.2) is 0 Å². The predicted octanol–water partition coefficient (Wildman–Crippen LogP) is 0.402. The maximum absolute atomic E-state index is 11.0. The molecule has 0 saturated carbocycles. The zero-order valence-corrected chi connectivity index (χ0v) is 10.7. The summed E-state index contributed by atoms with van der Waals surface area (Å²) in [4.78, 5) is 21.5. The number of hydrogen-bond acceptors (Lipinski definition) is 3. The monoisotopic (exact) mass is 250 g/mol. The second kappa shape index (κ2) is 6.64. The van der Waals surface area contributed by atoms with Gasteiger partial charge in [-0.05, 0) is 30.0 Å². The number of carbonyl (C=O) groups excluding carboxylic acids is 2. The smallest absolute Gasteiger partial charge is 0.309 e. The average Bonchev–Trinajstić information content (AvgIpc) is 2.38. The maximum atomic E-state index is 11.0. The van der Waals surface area contributed by atoms with Crippen molar-refractivity contribution < 1.29 is 14.3 Å². The van der Waals surface area contributed by atoms with Crippen LogP contribution in [0.5, 0.6) is 5.75 Å². The van der Waals surface area contributed by atoms with Gasteiger partial charge >= 0.3 is 11.8 Å². The van der Waals surface area contributed by atoms with Crippen LogP contribution in [0.15, 0.2) is 18.2 Å². The van der Waals surface area contributed by atoms with Crippen LogP contribution in [0.3, 0.4) is 0 Å². The van der Waals surface area contributed by atoms with Crippen LogP contribution in [0, 0.1) is 0 Å². The van der Waals surface area contributed by atoms with Crippen molar-refractivity contribution in [1.29, 1.82) is 0 Å². The van der Waals surface area contributed by atoms with Crippen LogP contribution in [0.4, 0.5) is 0 Å². The van der Waals surface area contributed by atoms with Crippen LogP contribution in [0.25, 0.3) is 0 Å². The lowest BCUT2D eigenvalue weighted by molar-refractivity contribution is -0.137. The Balaban J connectivity index is 2.58. The van der Waals surface area contributed by atoms with Gasteiger partial charge in [0.1, 0.15) is 5.75 Å². The van der Waals surface area contributed by atoms with E-state index < -0.39 is 11.8 Å². The molecule has 3 N–H and O–H groups in total. The number of ether oxygens (including phenoxy) is 1. The lowest BCUT2D eigenvalue weighted by Gasteiger charge is -2.09. The van der Waals surface area contributed by atoms with Crippen LogP contribution >= 0.6 is 0 Å². The van der Waals surface area contributed by atoms with Crippen LogP contribution < -0.4 is 15.8 Å². The number of nitrogens with one attached hydrogen (secondary N) is 1. The highest BCUT2D eigenvalue weighted by atomic mass is 16.5. The first-order valence-electron chi connectivity index (χ1n) is 5.82. The van der Waals surface area contributed by atoms with Gasteiger partial charge in [-0.15, -0.1) is 0 Å². The number of amides is 2. The van der Waals surface area contributed by atoms with Gasteiger partial charge in [-0.1, -0.05) is 19.1 Å². The Bertz CT molecular complexity index is 444. The molecular weight excluding hydrogens is 232 g/mol. The standard InChI is InChI=1S/C13H18N2O3/c1-3-10-8-9(4-5-11(10)18-2)6-7-15-13(17)12(14)16/h4-5,8H,3,6-7H2,1-2H3,(H2,14,16)(H,15,17). The average molecular weight is 250 g/mol. The largest absolute Gasteiger partial charge is 0.496 e. The van der Waals surface area contributed by atoms with E-state index in [0.29, 0.717) is 13.0 Å². The quantitative estimate of drug-likeness (QED) is 0.742. The number of nitrogens with two attached hydrogens (primary N) is 1. The Morgan fingerprint density at radius 3 is 2.67 bits per heavy atom. The summed E-state index contributed by atoms with van der Waals surface area (Å²) in [5.41, 5.74) is 7.03. The molecule has 0 radical (unpaired) electrons. The van der Waals surface area contributed by atoms with Gasteiger partial charge in [0, 0.05) is 6.54 Å². The Hall–Kier alpha value is -2.04. The van der Waals surface area contributed by atoms with E-state index in [1.165, 1.54) is 0 Å². The first-order valence-corrected chi connectivity index (χ1v) is 5.82. The maximum Gasteiger partial charge on any atom is 0.309 e. The SMILES string of the molecule is CCc1cc(CCNC(=O)C(N)=O)ccc1OC. The highest BCUT2D eigenvalue weighted by Gasteiger charge is 2.07. The molecule has 0 aliphatic rings. The molecular formula is C13H18N2O3. The fraction of sp³-hybridized carbons (Fsp3) is 0.385. The van der Waals surface area contributed by atoms with E-state index in [4.69, 9.17) is 10.5 Å². The zero-order valence-electron chi connectivity index (χ0n) is 10.7. The van der Waals surface area contributed by atoms with Gasteiger partial charge in [0.05, 0.1) is 7.11 Å². The normalized spacial score (nSPS) is 9.89. The van der Waals surface area contributed by atoms with Crippen molar-refractivity contribution in [2.45, 2.75) is 19.8 Å². The van der Waals surface area contributed by atoms with Crippen LogP contribution in [-0.4, -0.2) is 25.5 Å². The predicted molar refractivity (Wildman–Crippen MR) is 68.3 cm³/mol. The molecule has 0 fully saturated rings. The molecule has 0 aromatic heterocycles. The topological polar surface area (TPSA) is 81.4 Å². The Labute approximate surface area is 106 Å². The summed E-state index contributed by atoms with van der Waals surface area (Å²) in [6, 6.07) is 5.88. The van der Waals surface area contributed by atoms with Crippen LogP contribution in [0.1, 0.15) is 18.1 Å². The molecule has 1 aromatic carbocycles. The van der Waals surface area contributed by atoms with Crippen molar-refractivity contribution in [3.8, 4) is 5.75 Å². The minimum atomic E-state index is -0.959. The molecule has 18 heavy (non-hydrogen) atoms. The molecule has 5 heteroatoms. The fourth-order valence-electron chi connectivity index (χ4n) is 1.67. The van der Waals surface area contributed by atoms with Crippen molar-refractivity contribution in [2.75, 3.05) is 13.7 Å². The van der Waals surface area contributed by atoms with Crippen LogP contribution in [-0.2, 0) is 22.4 Å². The molecule has 98 valence electrons. The third-order valence-electron chi connectivity index (χ3n) is 2.65. The van der Waals surface area contributed by atoms with Gasteiger partial charge in [-0.2, -0.15) is 0 Å². The Morgan fingerprint density at radius 2 is 2.11 bits per heavy atom. The lowest BCUT2D eigenvalue weighted by Crippen LogP contribution is -2.37. The molecule has 1 aromatic rings. The van der Waals surface area contributed by atoms with E-state index >= 15 is 0 Å². The highest BCUT2D eigenvalue weighted by Crippen LogP contribution is 2.20. The van der Waals surface area contributed by atoms with Crippen molar-refractivity contribution in [3.63, 3.8) is 0 Å². The number of rotatable bonds is 5. The number of benzene rings is 1. The minimum absolute atomic E-state index is 0.386. The summed E-state index contributed by atoms with van der Waals surface area (Å²) >= 11 is 0.